The lowest BCUT2D eigenvalue weighted by Crippen LogP contribution is -1.74. The van der Waals surface area contributed by atoms with Crippen molar-refractivity contribution < 1.29 is 0 Å². The lowest BCUT2D eigenvalue weighted by Gasteiger charge is -1.95. The molecule has 1 aromatic rings. The van der Waals surface area contributed by atoms with E-state index in [4.69, 9.17) is 0 Å². The van der Waals surface area contributed by atoms with E-state index in [-0.39, 0.29) is 0 Å². The van der Waals surface area contributed by atoms with E-state index in [1.54, 1.807) is 0 Å². The van der Waals surface area contributed by atoms with Crippen LogP contribution in [0.15, 0.2) is 42.1 Å². The Hall–Kier alpha value is -1.26. The Bertz CT molecular complexity index is 336. The minimum absolute atomic E-state index is 0.818. The zero-order chi connectivity index (χ0) is 9.10. The van der Waals surface area contributed by atoms with E-state index in [2.05, 4.69) is 43.0 Å². The summed E-state index contributed by atoms with van der Waals surface area (Å²) < 4.78 is 0. The molecule has 0 saturated heterocycles. The lowest BCUT2D eigenvalue weighted by atomic mass is 10.1. The third-order valence-corrected chi connectivity index (χ3v) is 2.36. The average molecular weight is 170 g/mol. The molecule has 0 bridgehead atoms. The van der Waals surface area contributed by atoms with Crippen LogP contribution < -0.4 is 0 Å². The van der Waals surface area contributed by atoms with Crippen molar-refractivity contribution in [2.24, 2.45) is 5.92 Å². The van der Waals surface area contributed by atoms with Crippen LogP contribution >= 0.6 is 0 Å². The molecule has 0 N–H and O–H groups in total. The average Bonchev–Trinajstić information content (AvgIpc) is 2.99. The van der Waals surface area contributed by atoms with Gasteiger partial charge >= 0.3 is 0 Å². The standard InChI is InChI=1S/C13H14/c1-11(7-8-12-9-10-12)13-5-3-2-4-6-13/h2-6,8,12H,9-10H2,1H3. The molecule has 0 unspecified atom stereocenters. The quantitative estimate of drug-likeness (QED) is 0.594. The molecule has 66 valence electrons. The highest BCUT2D eigenvalue weighted by molar-refractivity contribution is 5.62. The van der Waals surface area contributed by atoms with Gasteiger partial charge in [0.1, 0.15) is 0 Å². The monoisotopic (exact) mass is 170 g/mol. The molecule has 0 heterocycles. The summed E-state index contributed by atoms with van der Waals surface area (Å²) in [6.45, 7) is 2.12. The van der Waals surface area contributed by atoms with E-state index in [1.165, 1.54) is 24.0 Å². The highest BCUT2D eigenvalue weighted by Crippen LogP contribution is 2.30. The molecule has 13 heavy (non-hydrogen) atoms. The van der Waals surface area contributed by atoms with Gasteiger partial charge in [0.2, 0.25) is 0 Å². The summed E-state index contributed by atoms with van der Waals surface area (Å²) in [6.07, 6.45) is 4.92. The summed E-state index contributed by atoms with van der Waals surface area (Å²) in [5, 5.41) is 0. The normalized spacial score (nSPS) is 14.8. The zero-order valence-electron chi connectivity index (χ0n) is 7.96. The number of rotatable bonds is 2. The van der Waals surface area contributed by atoms with Gasteiger partial charge in [0, 0.05) is 0 Å². The highest BCUT2D eigenvalue weighted by atomic mass is 14.2. The fourth-order valence-corrected chi connectivity index (χ4v) is 1.28. The molecule has 0 atom stereocenters. The Labute approximate surface area is 79.6 Å². The summed E-state index contributed by atoms with van der Waals surface area (Å²) in [5.74, 6) is 0.818. The maximum absolute atomic E-state index is 3.35. The van der Waals surface area contributed by atoms with E-state index in [0.29, 0.717) is 0 Å². The van der Waals surface area contributed by atoms with Crippen molar-refractivity contribution in [2.75, 3.05) is 0 Å². The van der Waals surface area contributed by atoms with Gasteiger partial charge in [-0.1, -0.05) is 30.3 Å². The van der Waals surface area contributed by atoms with Crippen LogP contribution in [0.1, 0.15) is 25.3 Å². The fraction of sp³-hybridized carbons (Fsp3) is 0.308. The third kappa shape index (κ3) is 2.34. The van der Waals surface area contributed by atoms with Crippen molar-refractivity contribution in [2.45, 2.75) is 19.8 Å². The summed E-state index contributed by atoms with van der Waals surface area (Å²) in [7, 11) is 0. The molecular formula is C13H14. The SMILES string of the molecule is CC(=C=CC1CC1)c1ccccc1. The smallest absolute Gasteiger partial charge is 0.00223 e. The minimum atomic E-state index is 0.818. The largest absolute Gasteiger partial charge is 0.121 e. The summed E-state index contributed by atoms with van der Waals surface area (Å²) in [4.78, 5) is 0. The predicted molar refractivity (Wildman–Crippen MR) is 56.3 cm³/mol. The van der Waals surface area contributed by atoms with E-state index in [9.17, 15) is 0 Å². The molecule has 1 saturated carbocycles. The van der Waals surface area contributed by atoms with Gasteiger partial charge in [-0.05, 0) is 42.9 Å². The Morgan fingerprint density at radius 3 is 2.62 bits per heavy atom. The van der Waals surface area contributed by atoms with Gasteiger partial charge in [0.25, 0.3) is 0 Å². The molecule has 0 aromatic heterocycles. The second-order valence-corrected chi connectivity index (χ2v) is 3.64. The van der Waals surface area contributed by atoms with Crippen molar-refractivity contribution in [3.8, 4) is 0 Å². The molecule has 0 nitrogen and oxygen atoms in total. The van der Waals surface area contributed by atoms with Gasteiger partial charge in [-0.2, -0.15) is 0 Å². The third-order valence-electron chi connectivity index (χ3n) is 2.36. The molecule has 1 aliphatic rings. The summed E-state index contributed by atoms with van der Waals surface area (Å²) in [5.41, 5.74) is 5.87. The minimum Gasteiger partial charge on any atom is -0.121 e. The van der Waals surface area contributed by atoms with Crippen molar-refractivity contribution in [3.63, 3.8) is 0 Å². The Balaban J connectivity index is 2.20. The summed E-state index contributed by atoms with van der Waals surface area (Å²) >= 11 is 0. The first kappa shape index (κ1) is 8.34. The second kappa shape index (κ2) is 3.64. The van der Waals surface area contributed by atoms with Crippen molar-refractivity contribution in [1.29, 1.82) is 0 Å². The Kier molecular flexibility index (Phi) is 2.33. The molecule has 0 radical (unpaired) electrons. The van der Waals surface area contributed by atoms with Crippen molar-refractivity contribution in [3.05, 3.63) is 47.7 Å². The molecular weight excluding hydrogens is 156 g/mol. The van der Waals surface area contributed by atoms with Crippen LogP contribution in [-0.2, 0) is 0 Å². The first-order valence-electron chi connectivity index (χ1n) is 4.85. The van der Waals surface area contributed by atoms with Gasteiger partial charge in [-0.3, -0.25) is 0 Å². The van der Waals surface area contributed by atoms with Crippen LogP contribution in [-0.4, -0.2) is 0 Å². The number of hydrogen-bond donors (Lipinski definition) is 0. The first-order valence-corrected chi connectivity index (χ1v) is 4.85. The number of benzene rings is 1. The molecule has 0 spiro atoms. The topological polar surface area (TPSA) is 0 Å². The number of hydrogen-bond acceptors (Lipinski definition) is 0. The predicted octanol–water partition coefficient (Wildman–Crippen LogP) is 3.66. The molecule has 0 amide bonds. The van der Waals surface area contributed by atoms with E-state index < -0.39 is 0 Å². The highest BCUT2D eigenvalue weighted by Gasteiger charge is 2.16. The number of allylic oxidation sites excluding steroid dienone is 1. The lowest BCUT2D eigenvalue weighted by molar-refractivity contribution is 1.13. The zero-order valence-corrected chi connectivity index (χ0v) is 7.96. The van der Waals surface area contributed by atoms with Crippen LogP contribution in [0.4, 0.5) is 0 Å². The van der Waals surface area contributed by atoms with E-state index in [1.807, 2.05) is 6.07 Å². The molecule has 0 heteroatoms. The van der Waals surface area contributed by atoms with Crippen LogP contribution in [0.25, 0.3) is 5.57 Å². The molecule has 1 aliphatic carbocycles. The summed E-state index contributed by atoms with van der Waals surface area (Å²) in [6, 6.07) is 10.4. The van der Waals surface area contributed by atoms with Gasteiger partial charge in [0.15, 0.2) is 0 Å². The molecule has 1 fully saturated rings. The van der Waals surface area contributed by atoms with Crippen LogP contribution in [0, 0.1) is 5.92 Å². The van der Waals surface area contributed by atoms with Crippen molar-refractivity contribution >= 4 is 5.57 Å². The van der Waals surface area contributed by atoms with Crippen LogP contribution in [0.3, 0.4) is 0 Å². The van der Waals surface area contributed by atoms with Crippen LogP contribution in [0.2, 0.25) is 0 Å². The van der Waals surface area contributed by atoms with Gasteiger partial charge in [0.05, 0.1) is 0 Å². The van der Waals surface area contributed by atoms with Gasteiger partial charge in [-0.15, -0.1) is 5.73 Å². The maximum atomic E-state index is 3.35. The first-order chi connectivity index (χ1) is 6.36. The van der Waals surface area contributed by atoms with Crippen molar-refractivity contribution in [1.82, 2.24) is 0 Å². The second-order valence-electron chi connectivity index (χ2n) is 3.64. The molecule has 0 aliphatic heterocycles. The Morgan fingerprint density at radius 2 is 2.00 bits per heavy atom. The maximum Gasteiger partial charge on any atom is -0.00223 e. The molecule has 2 rings (SSSR count). The van der Waals surface area contributed by atoms with E-state index in [0.717, 1.165) is 5.92 Å². The van der Waals surface area contributed by atoms with Gasteiger partial charge in [-0.25, -0.2) is 0 Å². The van der Waals surface area contributed by atoms with Crippen LogP contribution in [0.5, 0.6) is 0 Å². The van der Waals surface area contributed by atoms with E-state index >= 15 is 0 Å². The fourth-order valence-electron chi connectivity index (χ4n) is 1.28. The molecule has 1 aromatic carbocycles. The Morgan fingerprint density at radius 1 is 1.31 bits per heavy atom. The van der Waals surface area contributed by atoms with Gasteiger partial charge < -0.3 is 0 Å².